The highest BCUT2D eigenvalue weighted by atomic mass is 32.2. The van der Waals surface area contributed by atoms with Crippen molar-refractivity contribution < 1.29 is 8.42 Å². The van der Waals surface area contributed by atoms with Gasteiger partial charge in [-0.15, -0.1) is 0 Å². The molecule has 0 radical (unpaired) electrons. The van der Waals surface area contributed by atoms with Crippen molar-refractivity contribution >= 4 is 9.84 Å². The Labute approximate surface area is 201 Å². The van der Waals surface area contributed by atoms with E-state index in [1.165, 1.54) is 0 Å². The van der Waals surface area contributed by atoms with Crippen LogP contribution in [0, 0.1) is 6.92 Å². The van der Waals surface area contributed by atoms with Gasteiger partial charge in [0.25, 0.3) is 0 Å². The molecule has 0 atom stereocenters. The van der Waals surface area contributed by atoms with Crippen LogP contribution >= 0.6 is 0 Å². The minimum absolute atomic E-state index is 0.297. The van der Waals surface area contributed by atoms with Crippen LogP contribution in [0.15, 0.2) is 137 Å². The Morgan fingerprint density at radius 1 is 0.471 bits per heavy atom. The molecule has 0 N–H and O–H groups in total. The minimum Gasteiger partial charge on any atom is -0.218 e. The Hall–Kier alpha value is -3.95. The first-order chi connectivity index (χ1) is 16.5. The summed E-state index contributed by atoms with van der Waals surface area (Å²) < 4.78 is 27.6. The molecule has 0 aromatic heterocycles. The smallest absolute Gasteiger partial charge is 0.207 e. The van der Waals surface area contributed by atoms with Crippen LogP contribution < -0.4 is 0 Å². The molecule has 0 unspecified atom stereocenters. The summed E-state index contributed by atoms with van der Waals surface area (Å²) in [6.45, 7) is 1.95. The zero-order valence-electron chi connectivity index (χ0n) is 18.8. The molecule has 0 amide bonds. The van der Waals surface area contributed by atoms with Crippen LogP contribution in [0.2, 0.25) is 0 Å². The summed E-state index contributed by atoms with van der Waals surface area (Å²) in [4.78, 5) is 0.607. The number of benzene rings is 5. The highest BCUT2D eigenvalue weighted by molar-refractivity contribution is 7.91. The van der Waals surface area contributed by atoms with Gasteiger partial charge in [-0.05, 0) is 52.9 Å². The molecule has 0 saturated carbocycles. The summed E-state index contributed by atoms with van der Waals surface area (Å²) in [5, 5.41) is 0. The average Bonchev–Trinajstić information content (AvgIpc) is 2.90. The van der Waals surface area contributed by atoms with Crippen LogP contribution in [0.25, 0.3) is 33.4 Å². The van der Waals surface area contributed by atoms with Gasteiger partial charge < -0.3 is 0 Å². The van der Waals surface area contributed by atoms with Gasteiger partial charge in [0.15, 0.2) is 0 Å². The third-order valence-corrected chi connectivity index (χ3v) is 7.82. The monoisotopic (exact) mass is 460 g/mol. The van der Waals surface area contributed by atoms with E-state index in [1.807, 2.05) is 104 Å². The lowest BCUT2D eigenvalue weighted by Crippen LogP contribution is -2.04. The average molecular weight is 461 g/mol. The fourth-order valence-corrected chi connectivity index (χ4v) is 5.62. The molecule has 5 aromatic carbocycles. The van der Waals surface area contributed by atoms with Gasteiger partial charge in [-0.3, -0.25) is 0 Å². The van der Waals surface area contributed by atoms with E-state index in [-0.39, 0.29) is 0 Å². The van der Waals surface area contributed by atoms with Crippen molar-refractivity contribution in [3.63, 3.8) is 0 Å². The summed E-state index contributed by atoms with van der Waals surface area (Å²) in [6, 6.07) is 40.8. The maximum Gasteiger partial charge on any atom is 0.207 e. The second-order valence-corrected chi connectivity index (χ2v) is 10.3. The van der Waals surface area contributed by atoms with Gasteiger partial charge in [0.2, 0.25) is 9.84 Å². The van der Waals surface area contributed by atoms with Crippen LogP contribution in [0.4, 0.5) is 0 Å². The van der Waals surface area contributed by atoms with Crippen molar-refractivity contribution in [2.45, 2.75) is 16.7 Å². The SMILES string of the molecule is Cc1ccc(S(=O)(=O)c2cc(-c3ccccc3)ccc2-c2ccc(-c3ccccc3)cc2)cc1. The molecule has 5 aromatic rings. The topological polar surface area (TPSA) is 34.1 Å². The molecule has 0 aliphatic carbocycles. The summed E-state index contributed by atoms with van der Waals surface area (Å²) in [5.41, 5.74) is 6.65. The molecule has 3 heteroatoms. The zero-order chi connectivity index (χ0) is 23.5. The van der Waals surface area contributed by atoms with E-state index in [0.29, 0.717) is 15.4 Å². The second kappa shape index (κ2) is 9.12. The Bertz CT molecular complexity index is 1520. The quantitative estimate of drug-likeness (QED) is 0.268. The van der Waals surface area contributed by atoms with Gasteiger partial charge in [0, 0.05) is 5.56 Å². The van der Waals surface area contributed by atoms with Crippen molar-refractivity contribution in [3.8, 4) is 33.4 Å². The fraction of sp³-hybridized carbons (Fsp3) is 0.0323. The standard InChI is InChI=1S/C31H24O2S/c1-23-12-19-29(20-13-23)34(32,33)31-22-28(25-10-6-3-7-11-25)18-21-30(31)27-16-14-26(15-17-27)24-8-4-2-5-9-24/h2-22H,1H3. The Balaban J connectivity index is 1.66. The number of hydrogen-bond donors (Lipinski definition) is 0. The van der Waals surface area contributed by atoms with Crippen molar-refractivity contribution in [3.05, 3.63) is 133 Å². The van der Waals surface area contributed by atoms with Gasteiger partial charge in [-0.1, -0.05) is 115 Å². The molecule has 0 heterocycles. The number of sulfone groups is 1. The minimum atomic E-state index is -3.73. The third-order valence-electron chi connectivity index (χ3n) is 6.01. The predicted molar refractivity (Wildman–Crippen MR) is 139 cm³/mol. The van der Waals surface area contributed by atoms with E-state index in [2.05, 4.69) is 12.1 Å². The van der Waals surface area contributed by atoms with Crippen molar-refractivity contribution in [1.29, 1.82) is 0 Å². The van der Waals surface area contributed by atoms with Gasteiger partial charge >= 0.3 is 0 Å². The second-order valence-electron chi connectivity index (χ2n) is 8.34. The molecule has 166 valence electrons. The maximum atomic E-state index is 13.8. The van der Waals surface area contributed by atoms with E-state index in [0.717, 1.165) is 33.4 Å². The van der Waals surface area contributed by atoms with Crippen molar-refractivity contribution in [2.24, 2.45) is 0 Å². The molecular formula is C31H24O2S. The Kier molecular flexibility index (Phi) is 5.87. The molecule has 5 rings (SSSR count). The summed E-state index contributed by atoms with van der Waals surface area (Å²) >= 11 is 0. The van der Waals surface area contributed by atoms with E-state index in [1.54, 1.807) is 18.2 Å². The molecule has 34 heavy (non-hydrogen) atoms. The predicted octanol–water partition coefficient (Wildman–Crippen LogP) is 7.83. The lowest BCUT2D eigenvalue weighted by atomic mass is 9.98. The van der Waals surface area contributed by atoms with Gasteiger partial charge in [-0.2, -0.15) is 0 Å². The van der Waals surface area contributed by atoms with Crippen molar-refractivity contribution in [2.75, 3.05) is 0 Å². The van der Waals surface area contributed by atoms with Gasteiger partial charge in [0.05, 0.1) is 9.79 Å². The molecular weight excluding hydrogens is 436 g/mol. The first kappa shape index (κ1) is 21.9. The lowest BCUT2D eigenvalue weighted by molar-refractivity contribution is 0.596. The first-order valence-electron chi connectivity index (χ1n) is 11.2. The van der Waals surface area contributed by atoms with Crippen LogP contribution in [0.3, 0.4) is 0 Å². The van der Waals surface area contributed by atoms with Crippen LogP contribution in [-0.2, 0) is 9.84 Å². The number of rotatable bonds is 5. The summed E-state index contributed by atoms with van der Waals surface area (Å²) in [5.74, 6) is 0. The Morgan fingerprint density at radius 2 is 0.941 bits per heavy atom. The molecule has 0 aliphatic heterocycles. The van der Waals surface area contributed by atoms with E-state index in [9.17, 15) is 8.42 Å². The van der Waals surface area contributed by atoms with Crippen LogP contribution in [-0.4, -0.2) is 8.42 Å². The van der Waals surface area contributed by atoms with Crippen molar-refractivity contribution in [1.82, 2.24) is 0 Å². The lowest BCUT2D eigenvalue weighted by Gasteiger charge is -2.14. The largest absolute Gasteiger partial charge is 0.218 e. The Morgan fingerprint density at radius 3 is 1.53 bits per heavy atom. The summed E-state index contributed by atoms with van der Waals surface area (Å²) in [7, 11) is -3.73. The van der Waals surface area contributed by atoms with Gasteiger partial charge in [-0.25, -0.2) is 8.42 Å². The zero-order valence-corrected chi connectivity index (χ0v) is 19.7. The number of hydrogen-bond acceptors (Lipinski definition) is 2. The molecule has 0 spiro atoms. The van der Waals surface area contributed by atoms with E-state index < -0.39 is 9.84 Å². The first-order valence-corrected chi connectivity index (χ1v) is 12.7. The highest BCUT2D eigenvalue weighted by Gasteiger charge is 2.23. The number of aryl methyl sites for hydroxylation is 1. The normalized spacial score (nSPS) is 11.3. The molecule has 0 bridgehead atoms. The highest BCUT2D eigenvalue weighted by Crippen LogP contribution is 2.36. The molecule has 2 nitrogen and oxygen atoms in total. The fourth-order valence-electron chi connectivity index (χ4n) is 4.11. The van der Waals surface area contributed by atoms with Gasteiger partial charge in [0.1, 0.15) is 0 Å². The third kappa shape index (κ3) is 4.30. The van der Waals surface area contributed by atoms with E-state index >= 15 is 0 Å². The molecule has 0 fully saturated rings. The maximum absolute atomic E-state index is 13.8. The molecule has 0 aliphatic rings. The van der Waals surface area contributed by atoms with Crippen LogP contribution in [0.5, 0.6) is 0 Å². The molecule has 0 saturated heterocycles. The van der Waals surface area contributed by atoms with Crippen LogP contribution in [0.1, 0.15) is 5.56 Å². The van der Waals surface area contributed by atoms with E-state index in [4.69, 9.17) is 0 Å². The summed E-state index contributed by atoms with van der Waals surface area (Å²) in [6.07, 6.45) is 0.